The maximum Gasteiger partial charge on any atom is 0.270 e. The maximum atomic E-state index is 14.0. The molecule has 2 amide bonds. The Balaban J connectivity index is 1.63. The minimum absolute atomic E-state index is 0.0495. The molecule has 1 saturated heterocycles. The van der Waals surface area contributed by atoms with Gasteiger partial charge in [-0.2, -0.15) is 0 Å². The number of nitrogens with one attached hydrogen (secondary N) is 1. The lowest BCUT2D eigenvalue weighted by Gasteiger charge is -2.18. The van der Waals surface area contributed by atoms with Crippen molar-refractivity contribution in [2.45, 2.75) is 39.3 Å². The van der Waals surface area contributed by atoms with Crippen LogP contribution in [0, 0.1) is 5.82 Å². The summed E-state index contributed by atoms with van der Waals surface area (Å²) in [6, 6.07) is 11.9. The van der Waals surface area contributed by atoms with E-state index in [4.69, 9.17) is 4.74 Å². The van der Waals surface area contributed by atoms with E-state index in [0.29, 0.717) is 41.8 Å². The van der Waals surface area contributed by atoms with Gasteiger partial charge in [-0.3, -0.25) is 9.59 Å². The molecule has 0 saturated carbocycles. The molecule has 0 radical (unpaired) electrons. The van der Waals surface area contributed by atoms with E-state index in [0.717, 1.165) is 17.7 Å². The van der Waals surface area contributed by atoms with Crippen molar-refractivity contribution in [1.82, 2.24) is 9.88 Å². The third kappa shape index (κ3) is 4.13. The first-order valence-corrected chi connectivity index (χ1v) is 10.5. The number of anilines is 1. The van der Waals surface area contributed by atoms with E-state index in [2.05, 4.69) is 5.32 Å². The van der Waals surface area contributed by atoms with Gasteiger partial charge in [0.2, 0.25) is 5.91 Å². The van der Waals surface area contributed by atoms with E-state index in [1.165, 1.54) is 12.1 Å². The van der Waals surface area contributed by atoms with Gasteiger partial charge in [-0.1, -0.05) is 12.1 Å². The molecule has 1 N–H and O–H groups in total. The second-order valence-corrected chi connectivity index (χ2v) is 8.06. The topological polar surface area (TPSA) is 63.6 Å². The Morgan fingerprint density at radius 2 is 1.94 bits per heavy atom. The lowest BCUT2D eigenvalue weighted by molar-refractivity contribution is -0.117. The molecule has 162 valence electrons. The highest BCUT2D eigenvalue weighted by molar-refractivity contribution is 6.14. The van der Waals surface area contributed by atoms with Crippen LogP contribution in [-0.2, 0) is 18.4 Å². The van der Waals surface area contributed by atoms with E-state index in [9.17, 15) is 14.0 Å². The number of fused-ring (bicyclic) bond motifs is 1. The first-order chi connectivity index (χ1) is 14.8. The van der Waals surface area contributed by atoms with Gasteiger partial charge in [-0.15, -0.1) is 0 Å². The lowest BCUT2D eigenvalue weighted by Crippen LogP contribution is -2.30. The van der Waals surface area contributed by atoms with Gasteiger partial charge in [0, 0.05) is 31.9 Å². The zero-order valence-electron chi connectivity index (χ0n) is 17.9. The van der Waals surface area contributed by atoms with Crippen molar-refractivity contribution in [3.05, 3.63) is 59.5 Å². The van der Waals surface area contributed by atoms with Crippen molar-refractivity contribution >= 4 is 28.4 Å². The summed E-state index contributed by atoms with van der Waals surface area (Å²) in [5.74, 6) is 0.0140. The van der Waals surface area contributed by atoms with Crippen LogP contribution in [0.15, 0.2) is 42.5 Å². The highest BCUT2D eigenvalue weighted by atomic mass is 19.1. The van der Waals surface area contributed by atoms with Gasteiger partial charge in [0.15, 0.2) is 0 Å². The summed E-state index contributed by atoms with van der Waals surface area (Å²) in [7, 11) is 1.76. The monoisotopic (exact) mass is 423 g/mol. The minimum atomic E-state index is -0.401. The molecule has 3 aromatic rings. The molecule has 2 heterocycles. The number of nitrogens with zero attached hydrogens (tertiary/aromatic N) is 2. The zero-order chi connectivity index (χ0) is 22.1. The summed E-state index contributed by atoms with van der Waals surface area (Å²) in [5, 5.41) is 3.51. The van der Waals surface area contributed by atoms with E-state index < -0.39 is 5.82 Å². The Kier molecular flexibility index (Phi) is 5.67. The first-order valence-electron chi connectivity index (χ1n) is 10.5. The quantitative estimate of drug-likeness (QED) is 0.648. The van der Waals surface area contributed by atoms with E-state index in [1.54, 1.807) is 22.6 Å². The molecule has 1 aliphatic heterocycles. The Hall–Kier alpha value is -3.35. The molecule has 0 aliphatic carbocycles. The van der Waals surface area contributed by atoms with E-state index in [-0.39, 0.29) is 17.9 Å². The molecule has 0 atom stereocenters. The zero-order valence-corrected chi connectivity index (χ0v) is 17.9. The average molecular weight is 423 g/mol. The number of ether oxygens (including phenoxy) is 1. The minimum Gasteiger partial charge on any atom is -0.491 e. The van der Waals surface area contributed by atoms with Gasteiger partial charge in [0.05, 0.1) is 17.3 Å². The van der Waals surface area contributed by atoms with Crippen LogP contribution in [0.5, 0.6) is 5.75 Å². The number of hydrogen-bond donors (Lipinski definition) is 1. The highest BCUT2D eigenvalue weighted by Gasteiger charge is 2.31. The molecule has 0 unspecified atom stereocenters. The van der Waals surface area contributed by atoms with Crippen LogP contribution >= 0.6 is 0 Å². The van der Waals surface area contributed by atoms with Crippen molar-refractivity contribution in [3.8, 4) is 5.75 Å². The fourth-order valence-electron chi connectivity index (χ4n) is 4.04. The molecule has 6 nitrogen and oxygen atoms in total. The second-order valence-electron chi connectivity index (χ2n) is 8.06. The largest absolute Gasteiger partial charge is 0.491 e. The molecule has 1 aromatic heterocycles. The van der Waals surface area contributed by atoms with E-state index in [1.807, 2.05) is 38.1 Å². The van der Waals surface area contributed by atoms with Crippen molar-refractivity contribution in [1.29, 1.82) is 0 Å². The highest BCUT2D eigenvalue weighted by Crippen LogP contribution is 2.36. The number of benzene rings is 2. The molecule has 0 bridgehead atoms. The van der Waals surface area contributed by atoms with E-state index >= 15 is 0 Å². The number of aryl methyl sites for hydroxylation is 1. The van der Waals surface area contributed by atoms with Crippen molar-refractivity contribution in [2.75, 3.05) is 11.4 Å². The number of amides is 2. The first kappa shape index (κ1) is 20.9. The summed E-state index contributed by atoms with van der Waals surface area (Å²) >= 11 is 0. The number of aromatic nitrogens is 1. The standard InChI is InChI=1S/C24H26FN3O3/c1-15(2)31-18-9-6-16(7-10-18)14-26-24(30)23-22(28-12-4-5-21(28)29)19-13-17(25)8-11-20(19)27(23)3/h6-11,13,15H,4-5,12,14H2,1-3H3,(H,26,30). The van der Waals surface area contributed by atoms with Crippen LogP contribution < -0.4 is 15.0 Å². The summed E-state index contributed by atoms with van der Waals surface area (Å²) in [4.78, 5) is 27.3. The molecule has 4 rings (SSSR count). The van der Waals surface area contributed by atoms with Crippen LogP contribution in [0.1, 0.15) is 42.7 Å². The molecule has 0 spiro atoms. The van der Waals surface area contributed by atoms with Gasteiger partial charge in [0.25, 0.3) is 5.91 Å². The smallest absolute Gasteiger partial charge is 0.270 e. The SMILES string of the molecule is CC(C)Oc1ccc(CNC(=O)c2c(N3CCCC3=O)c3cc(F)ccc3n2C)cc1. The van der Waals surface area contributed by atoms with Crippen molar-refractivity contribution < 1.29 is 18.7 Å². The molecule has 7 heteroatoms. The van der Waals surface area contributed by atoms with Crippen LogP contribution in [0.3, 0.4) is 0 Å². The van der Waals surface area contributed by atoms with Gasteiger partial charge in [-0.25, -0.2) is 4.39 Å². The fourth-order valence-corrected chi connectivity index (χ4v) is 4.04. The summed E-state index contributed by atoms with van der Waals surface area (Å²) in [6.45, 7) is 4.77. The van der Waals surface area contributed by atoms with Gasteiger partial charge < -0.3 is 19.5 Å². The predicted molar refractivity (Wildman–Crippen MR) is 118 cm³/mol. The number of carbonyl (C=O) groups is 2. The van der Waals surface area contributed by atoms with Crippen LogP contribution in [-0.4, -0.2) is 29.0 Å². The number of hydrogen-bond acceptors (Lipinski definition) is 3. The summed E-state index contributed by atoms with van der Waals surface area (Å²) < 4.78 is 21.4. The Morgan fingerprint density at radius 1 is 1.19 bits per heavy atom. The summed E-state index contributed by atoms with van der Waals surface area (Å²) in [6.07, 6.45) is 1.24. The second kappa shape index (κ2) is 8.41. The van der Waals surface area contributed by atoms with Gasteiger partial charge in [0.1, 0.15) is 17.3 Å². The third-order valence-electron chi connectivity index (χ3n) is 5.44. The molecule has 1 aliphatic rings. The van der Waals surface area contributed by atoms with Crippen LogP contribution in [0.25, 0.3) is 10.9 Å². The van der Waals surface area contributed by atoms with Crippen LogP contribution in [0.4, 0.5) is 10.1 Å². The van der Waals surface area contributed by atoms with Crippen molar-refractivity contribution in [2.24, 2.45) is 7.05 Å². The normalized spacial score (nSPS) is 14.0. The van der Waals surface area contributed by atoms with Gasteiger partial charge >= 0.3 is 0 Å². The molecule has 31 heavy (non-hydrogen) atoms. The third-order valence-corrected chi connectivity index (χ3v) is 5.44. The Bertz CT molecular complexity index is 1140. The number of rotatable bonds is 6. The molecule has 2 aromatic carbocycles. The average Bonchev–Trinajstić information content (AvgIpc) is 3.27. The fraction of sp³-hybridized carbons (Fsp3) is 0.333. The molecular weight excluding hydrogens is 397 g/mol. The van der Waals surface area contributed by atoms with Crippen molar-refractivity contribution in [3.63, 3.8) is 0 Å². The Morgan fingerprint density at radius 3 is 2.58 bits per heavy atom. The maximum absolute atomic E-state index is 14.0. The number of carbonyl (C=O) groups excluding carboxylic acids is 2. The molecule has 1 fully saturated rings. The molecular formula is C24H26FN3O3. The Labute approximate surface area is 180 Å². The number of halogens is 1. The summed E-state index contributed by atoms with van der Waals surface area (Å²) in [5.41, 5.74) is 2.47. The predicted octanol–water partition coefficient (Wildman–Crippen LogP) is 4.16. The van der Waals surface area contributed by atoms with Crippen LogP contribution in [0.2, 0.25) is 0 Å². The van der Waals surface area contributed by atoms with Gasteiger partial charge in [-0.05, 0) is 56.2 Å². The lowest BCUT2D eigenvalue weighted by atomic mass is 10.2.